The third-order valence-corrected chi connectivity index (χ3v) is 1.60. The molecule has 3 N–H and O–H groups in total. The Bertz CT molecular complexity index is 191. The van der Waals surface area contributed by atoms with E-state index in [1.165, 1.54) is 0 Å². The predicted molar refractivity (Wildman–Crippen MR) is 50.4 cm³/mol. The Hall–Kier alpha value is -0.990. The first kappa shape index (κ1) is 11.0. The topological polar surface area (TPSA) is 55.1 Å². The highest BCUT2D eigenvalue weighted by Crippen LogP contribution is 2.20. The van der Waals surface area contributed by atoms with Crippen LogP contribution in [0.4, 0.5) is 0 Å². The lowest BCUT2D eigenvalue weighted by molar-refractivity contribution is -0.121. The minimum Gasteiger partial charge on any atom is -0.386 e. The van der Waals surface area contributed by atoms with Crippen molar-refractivity contribution in [2.24, 2.45) is 11.1 Å². The largest absolute Gasteiger partial charge is 0.386 e. The Morgan fingerprint density at radius 3 is 2.00 bits per heavy atom. The van der Waals surface area contributed by atoms with Crippen molar-refractivity contribution in [3.63, 3.8) is 0 Å². The summed E-state index contributed by atoms with van der Waals surface area (Å²) in [6, 6.07) is -0.255. The van der Waals surface area contributed by atoms with Gasteiger partial charge < -0.3 is 11.1 Å². The molecule has 0 heterocycles. The second-order valence-corrected chi connectivity index (χ2v) is 4.08. The molecule has 0 spiro atoms. The molecule has 0 radical (unpaired) electrons. The molecule has 0 aliphatic rings. The summed E-state index contributed by atoms with van der Waals surface area (Å²) in [5.41, 5.74) is 5.24. The highest BCUT2D eigenvalue weighted by Gasteiger charge is 2.28. The molecule has 3 nitrogen and oxygen atoms in total. The Balaban J connectivity index is 4.46. The van der Waals surface area contributed by atoms with Crippen LogP contribution in [0.3, 0.4) is 0 Å². The van der Waals surface area contributed by atoms with E-state index in [4.69, 9.17) is 5.73 Å². The number of Topliss-reactive ketones (excluding diaryl/α,β-unsaturated/α-hetero) is 1. The summed E-state index contributed by atoms with van der Waals surface area (Å²) in [7, 11) is 0. The maximum absolute atomic E-state index is 11.2. The normalized spacial score (nSPS) is 13.7. The maximum atomic E-state index is 11.2. The average Bonchev–Trinajstić information content (AvgIpc) is 1.79. The number of ketones is 1. The van der Waals surface area contributed by atoms with E-state index >= 15 is 0 Å². The average molecular weight is 170 g/mol. The van der Waals surface area contributed by atoms with Crippen molar-refractivity contribution in [1.29, 1.82) is 0 Å². The van der Waals surface area contributed by atoms with Crippen molar-refractivity contribution < 1.29 is 4.79 Å². The molecule has 0 rings (SSSR count). The van der Waals surface area contributed by atoms with E-state index in [1.807, 2.05) is 20.8 Å². The summed E-state index contributed by atoms with van der Waals surface area (Å²) in [6.45, 7) is 11.0. The fourth-order valence-corrected chi connectivity index (χ4v) is 1.11. The van der Waals surface area contributed by atoms with Crippen LogP contribution in [0.15, 0.2) is 12.4 Å². The van der Waals surface area contributed by atoms with Gasteiger partial charge in [0.05, 0.1) is 11.9 Å². The third-order valence-electron chi connectivity index (χ3n) is 1.60. The van der Waals surface area contributed by atoms with Crippen LogP contribution in [-0.2, 0) is 4.79 Å². The molecule has 0 aromatic rings. The maximum Gasteiger partial charge on any atom is 0.152 e. The van der Waals surface area contributed by atoms with Crippen LogP contribution >= 0.6 is 0 Å². The molecule has 0 aliphatic carbocycles. The zero-order chi connectivity index (χ0) is 9.94. The summed E-state index contributed by atoms with van der Waals surface area (Å²) in [6.07, 6.45) is 0. The smallest absolute Gasteiger partial charge is 0.152 e. The fourth-order valence-electron chi connectivity index (χ4n) is 1.11. The van der Waals surface area contributed by atoms with Gasteiger partial charge in [-0.3, -0.25) is 4.79 Å². The molecule has 0 amide bonds. The van der Waals surface area contributed by atoms with Crippen LogP contribution in [0.2, 0.25) is 0 Å². The van der Waals surface area contributed by atoms with Gasteiger partial charge in [-0.2, -0.15) is 0 Å². The molecular formula is C9H18N2O. The first-order chi connectivity index (χ1) is 5.25. The third kappa shape index (κ3) is 3.42. The predicted octanol–water partition coefficient (Wildman–Crippen LogP) is 1.01. The van der Waals surface area contributed by atoms with Gasteiger partial charge in [-0.05, 0) is 12.3 Å². The molecule has 0 bridgehead atoms. The molecule has 0 saturated heterocycles. The second-order valence-electron chi connectivity index (χ2n) is 4.08. The van der Waals surface area contributed by atoms with Gasteiger partial charge in [0, 0.05) is 0 Å². The van der Waals surface area contributed by atoms with E-state index in [1.54, 1.807) is 6.92 Å². The Morgan fingerprint density at radius 1 is 1.50 bits per heavy atom. The van der Waals surface area contributed by atoms with E-state index in [0.717, 1.165) is 0 Å². The molecule has 3 heteroatoms. The van der Waals surface area contributed by atoms with Gasteiger partial charge in [-0.1, -0.05) is 27.4 Å². The van der Waals surface area contributed by atoms with Gasteiger partial charge in [0.1, 0.15) is 0 Å². The number of rotatable bonds is 3. The van der Waals surface area contributed by atoms with Crippen molar-refractivity contribution in [2.45, 2.75) is 33.7 Å². The summed E-state index contributed by atoms with van der Waals surface area (Å²) in [4.78, 5) is 11.2. The minimum atomic E-state index is -0.255. The number of nitrogens with one attached hydrogen (secondary N) is 1. The summed E-state index contributed by atoms with van der Waals surface area (Å²) in [5.74, 6) is 0.416. The summed E-state index contributed by atoms with van der Waals surface area (Å²) >= 11 is 0. The van der Waals surface area contributed by atoms with E-state index < -0.39 is 0 Å². The second kappa shape index (κ2) is 3.61. The zero-order valence-electron chi connectivity index (χ0n) is 8.27. The lowest BCUT2D eigenvalue weighted by Crippen LogP contribution is -2.46. The molecular weight excluding hydrogens is 152 g/mol. The minimum absolute atomic E-state index is 0.0779. The van der Waals surface area contributed by atoms with Gasteiger partial charge in [0.15, 0.2) is 5.78 Å². The molecule has 0 aromatic heterocycles. The van der Waals surface area contributed by atoms with E-state index in [-0.39, 0.29) is 17.2 Å². The van der Waals surface area contributed by atoms with Gasteiger partial charge >= 0.3 is 0 Å². The van der Waals surface area contributed by atoms with Crippen LogP contribution in [0.5, 0.6) is 0 Å². The molecule has 12 heavy (non-hydrogen) atoms. The summed E-state index contributed by atoms with van der Waals surface area (Å²) in [5, 5.41) is 2.85. The number of hydrogen-bond acceptors (Lipinski definition) is 3. The standard InChI is InChI=1S/C9H18N2O/c1-6(12)8(9(3,4)5)11-7(2)10/h8,11H,2,10H2,1,3-5H3/t8-/m1/s1. The zero-order valence-corrected chi connectivity index (χ0v) is 8.27. The van der Waals surface area contributed by atoms with E-state index in [9.17, 15) is 4.79 Å². The van der Waals surface area contributed by atoms with Crippen molar-refractivity contribution in [3.05, 3.63) is 12.4 Å². The van der Waals surface area contributed by atoms with Crippen molar-refractivity contribution in [3.8, 4) is 0 Å². The van der Waals surface area contributed by atoms with Crippen molar-refractivity contribution in [2.75, 3.05) is 0 Å². The number of hydrogen-bond donors (Lipinski definition) is 2. The highest BCUT2D eigenvalue weighted by molar-refractivity contribution is 5.82. The molecule has 1 atom stereocenters. The van der Waals surface area contributed by atoms with Crippen LogP contribution in [0.1, 0.15) is 27.7 Å². The van der Waals surface area contributed by atoms with Crippen LogP contribution in [0.25, 0.3) is 0 Å². The monoisotopic (exact) mass is 170 g/mol. The molecule has 0 aromatic carbocycles. The van der Waals surface area contributed by atoms with Gasteiger partial charge in [-0.15, -0.1) is 0 Å². The number of nitrogens with two attached hydrogens (primary N) is 1. The van der Waals surface area contributed by atoms with Crippen molar-refractivity contribution >= 4 is 5.78 Å². The van der Waals surface area contributed by atoms with E-state index in [0.29, 0.717) is 5.82 Å². The van der Waals surface area contributed by atoms with Crippen LogP contribution < -0.4 is 11.1 Å². The Morgan fingerprint density at radius 2 is 1.92 bits per heavy atom. The quantitative estimate of drug-likeness (QED) is 0.664. The Kier molecular flexibility index (Phi) is 3.31. The Labute approximate surface area is 74.0 Å². The van der Waals surface area contributed by atoms with Gasteiger partial charge in [0.2, 0.25) is 0 Å². The van der Waals surface area contributed by atoms with E-state index in [2.05, 4.69) is 11.9 Å². The molecule has 0 unspecified atom stereocenters. The molecule has 0 aliphatic heterocycles. The lowest BCUT2D eigenvalue weighted by atomic mass is 9.84. The molecule has 70 valence electrons. The first-order valence-electron chi connectivity index (χ1n) is 3.96. The van der Waals surface area contributed by atoms with Gasteiger partial charge in [0.25, 0.3) is 0 Å². The highest BCUT2D eigenvalue weighted by atomic mass is 16.1. The number of carbonyl (C=O) groups excluding carboxylic acids is 1. The molecule has 0 fully saturated rings. The molecule has 0 saturated carbocycles. The first-order valence-corrected chi connectivity index (χ1v) is 3.96. The van der Waals surface area contributed by atoms with Crippen LogP contribution in [0, 0.1) is 5.41 Å². The fraction of sp³-hybridized carbons (Fsp3) is 0.667. The van der Waals surface area contributed by atoms with Crippen LogP contribution in [-0.4, -0.2) is 11.8 Å². The number of carbonyl (C=O) groups is 1. The lowest BCUT2D eigenvalue weighted by Gasteiger charge is -2.29. The van der Waals surface area contributed by atoms with Gasteiger partial charge in [-0.25, -0.2) is 0 Å². The summed E-state index contributed by atoms with van der Waals surface area (Å²) < 4.78 is 0. The SMILES string of the molecule is C=C(N)N[C@H](C(C)=O)C(C)(C)C. The van der Waals surface area contributed by atoms with Crippen molar-refractivity contribution in [1.82, 2.24) is 5.32 Å².